The number of ether oxygens (including phenoxy) is 1. The minimum atomic E-state index is -1.64. The standard InChI is InChI=1S/C15H24N4O7/c1-6(4-17-7(2)20)11(16)14(23)18-12(15(24)25)13(22)8-5-19-9(21)3-10(19)26-8/h6,8,10-13,22H,3-5,16H2,1-2H3,(H,17,20)(H,18,23)(H,24,25). The van der Waals surface area contributed by atoms with Gasteiger partial charge in [0.15, 0.2) is 6.04 Å². The van der Waals surface area contributed by atoms with Gasteiger partial charge in [-0.15, -0.1) is 0 Å². The van der Waals surface area contributed by atoms with E-state index in [9.17, 15) is 29.4 Å². The summed E-state index contributed by atoms with van der Waals surface area (Å²) in [6.07, 6.45) is -2.72. The lowest BCUT2D eigenvalue weighted by Gasteiger charge is -2.31. The third-order valence-corrected chi connectivity index (χ3v) is 4.60. The molecule has 3 amide bonds. The lowest BCUT2D eigenvalue weighted by atomic mass is 10.00. The van der Waals surface area contributed by atoms with Gasteiger partial charge in [0.2, 0.25) is 17.7 Å². The van der Waals surface area contributed by atoms with Gasteiger partial charge >= 0.3 is 5.97 Å². The van der Waals surface area contributed by atoms with Crippen molar-refractivity contribution in [3.05, 3.63) is 0 Å². The molecule has 2 heterocycles. The molecule has 2 fully saturated rings. The average Bonchev–Trinajstić information content (AvgIpc) is 2.92. The van der Waals surface area contributed by atoms with E-state index in [1.54, 1.807) is 6.92 Å². The zero-order chi connectivity index (χ0) is 19.6. The summed E-state index contributed by atoms with van der Waals surface area (Å²) in [6.45, 7) is 3.16. The van der Waals surface area contributed by atoms with E-state index in [1.807, 2.05) is 0 Å². The van der Waals surface area contributed by atoms with Crippen LogP contribution in [0.5, 0.6) is 0 Å². The Morgan fingerprint density at radius 2 is 2.08 bits per heavy atom. The topological polar surface area (TPSA) is 171 Å². The summed E-state index contributed by atoms with van der Waals surface area (Å²) in [5.74, 6) is -3.08. The second-order valence-corrected chi connectivity index (χ2v) is 6.63. The van der Waals surface area contributed by atoms with Gasteiger partial charge in [0.05, 0.1) is 19.0 Å². The first-order chi connectivity index (χ1) is 12.1. The summed E-state index contributed by atoms with van der Waals surface area (Å²) >= 11 is 0. The molecule has 6 unspecified atom stereocenters. The number of hydrogen-bond acceptors (Lipinski definition) is 7. The number of nitrogens with zero attached hydrogens (tertiary/aromatic N) is 1. The number of fused-ring (bicyclic) bond motifs is 1. The molecule has 2 saturated heterocycles. The van der Waals surface area contributed by atoms with Crippen molar-refractivity contribution >= 4 is 23.7 Å². The summed E-state index contributed by atoms with van der Waals surface area (Å²) in [5.41, 5.74) is 5.80. The van der Waals surface area contributed by atoms with Gasteiger partial charge < -0.3 is 36.2 Å². The van der Waals surface area contributed by atoms with Crippen LogP contribution in [0.4, 0.5) is 0 Å². The fourth-order valence-corrected chi connectivity index (χ4v) is 2.84. The summed E-state index contributed by atoms with van der Waals surface area (Å²) in [4.78, 5) is 47.4. The van der Waals surface area contributed by atoms with Gasteiger partial charge in [-0.1, -0.05) is 6.92 Å². The van der Waals surface area contributed by atoms with Crippen LogP contribution in [0.15, 0.2) is 0 Å². The summed E-state index contributed by atoms with van der Waals surface area (Å²) in [6, 6.07) is -2.72. The Kier molecular flexibility index (Phi) is 6.16. The normalized spacial score (nSPS) is 26.2. The predicted octanol–water partition coefficient (Wildman–Crippen LogP) is -3.03. The van der Waals surface area contributed by atoms with Crippen molar-refractivity contribution in [3.63, 3.8) is 0 Å². The highest BCUT2D eigenvalue weighted by Gasteiger charge is 2.49. The van der Waals surface area contributed by atoms with E-state index in [-0.39, 0.29) is 31.3 Å². The number of aliphatic carboxylic acids is 1. The van der Waals surface area contributed by atoms with Crippen molar-refractivity contribution in [2.45, 2.75) is 50.8 Å². The number of hydrogen-bond donors (Lipinski definition) is 5. The van der Waals surface area contributed by atoms with Crippen LogP contribution in [0.25, 0.3) is 0 Å². The second-order valence-electron chi connectivity index (χ2n) is 6.63. The van der Waals surface area contributed by atoms with Gasteiger partial charge in [0.1, 0.15) is 18.4 Å². The van der Waals surface area contributed by atoms with Crippen LogP contribution in [0.3, 0.4) is 0 Å². The molecular formula is C15H24N4O7. The molecule has 2 aliphatic heterocycles. The molecule has 0 aliphatic carbocycles. The zero-order valence-electron chi connectivity index (χ0n) is 14.5. The monoisotopic (exact) mass is 372 g/mol. The van der Waals surface area contributed by atoms with E-state index >= 15 is 0 Å². The Bertz CT molecular complexity index is 599. The van der Waals surface area contributed by atoms with Crippen molar-refractivity contribution in [3.8, 4) is 0 Å². The third-order valence-electron chi connectivity index (χ3n) is 4.60. The summed E-state index contributed by atoms with van der Waals surface area (Å²) in [7, 11) is 0. The predicted molar refractivity (Wildman–Crippen MR) is 86.4 cm³/mol. The van der Waals surface area contributed by atoms with Crippen LogP contribution < -0.4 is 16.4 Å². The number of carboxylic acid groups (broad SMARTS) is 1. The first-order valence-corrected chi connectivity index (χ1v) is 8.28. The van der Waals surface area contributed by atoms with E-state index < -0.39 is 48.3 Å². The molecule has 2 aliphatic rings. The van der Waals surface area contributed by atoms with Gasteiger partial charge in [-0.25, -0.2) is 4.79 Å². The zero-order valence-corrected chi connectivity index (χ0v) is 14.5. The molecule has 0 saturated carbocycles. The number of amides is 3. The fourth-order valence-electron chi connectivity index (χ4n) is 2.84. The number of carbonyl (C=O) groups is 4. The molecular weight excluding hydrogens is 348 g/mol. The lowest BCUT2D eigenvalue weighted by Crippen LogP contribution is -2.58. The Morgan fingerprint density at radius 1 is 1.42 bits per heavy atom. The maximum atomic E-state index is 12.2. The van der Waals surface area contributed by atoms with Crippen LogP contribution >= 0.6 is 0 Å². The lowest BCUT2D eigenvalue weighted by molar-refractivity contribution is -0.161. The quantitative estimate of drug-likeness (QED) is 0.280. The highest BCUT2D eigenvalue weighted by atomic mass is 16.5. The molecule has 11 nitrogen and oxygen atoms in total. The Labute approximate surface area is 149 Å². The number of aliphatic hydroxyl groups is 1. The molecule has 0 aromatic heterocycles. The SMILES string of the molecule is CC(=O)NCC(C)C(N)C(=O)NC(C(=O)O)C(O)C1CN2C(=O)CC2O1. The number of β-lactam (4-membered cyclic amide) rings is 1. The molecule has 0 radical (unpaired) electrons. The van der Waals surface area contributed by atoms with Gasteiger partial charge in [0.25, 0.3) is 0 Å². The van der Waals surface area contributed by atoms with E-state index in [0.29, 0.717) is 0 Å². The number of rotatable bonds is 8. The van der Waals surface area contributed by atoms with E-state index in [4.69, 9.17) is 10.5 Å². The van der Waals surface area contributed by atoms with Gasteiger partial charge in [-0.05, 0) is 5.92 Å². The Morgan fingerprint density at radius 3 is 2.58 bits per heavy atom. The number of aliphatic hydroxyl groups excluding tert-OH is 1. The van der Waals surface area contributed by atoms with E-state index in [0.717, 1.165) is 0 Å². The number of carbonyl (C=O) groups excluding carboxylic acids is 3. The minimum absolute atomic E-state index is 0.0648. The third kappa shape index (κ3) is 4.29. The molecule has 0 aromatic carbocycles. The maximum absolute atomic E-state index is 12.2. The molecule has 26 heavy (non-hydrogen) atoms. The molecule has 0 spiro atoms. The highest BCUT2D eigenvalue weighted by molar-refractivity contribution is 5.87. The summed E-state index contributed by atoms with van der Waals surface area (Å²) < 4.78 is 5.44. The van der Waals surface area contributed by atoms with Crippen LogP contribution in [0.1, 0.15) is 20.3 Å². The number of nitrogens with one attached hydrogen (secondary N) is 2. The largest absolute Gasteiger partial charge is 0.480 e. The van der Waals surface area contributed by atoms with Crippen molar-refractivity contribution in [2.75, 3.05) is 13.1 Å². The maximum Gasteiger partial charge on any atom is 0.329 e. The Hall–Kier alpha value is -2.24. The van der Waals surface area contributed by atoms with Crippen molar-refractivity contribution in [1.29, 1.82) is 0 Å². The second kappa shape index (κ2) is 7.98. The van der Waals surface area contributed by atoms with Gasteiger partial charge in [-0.2, -0.15) is 0 Å². The van der Waals surface area contributed by atoms with Crippen LogP contribution in [0.2, 0.25) is 0 Å². The number of nitrogens with two attached hydrogens (primary N) is 1. The minimum Gasteiger partial charge on any atom is -0.480 e. The van der Waals surface area contributed by atoms with E-state index in [2.05, 4.69) is 10.6 Å². The molecule has 146 valence electrons. The fraction of sp³-hybridized carbons (Fsp3) is 0.733. The first kappa shape index (κ1) is 20.1. The van der Waals surface area contributed by atoms with Crippen LogP contribution in [-0.4, -0.2) is 82.4 Å². The average molecular weight is 372 g/mol. The molecule has 0 aromatic rings. The molecule has 11 heteroatoms. The summed E-state index contributed by atoms with van der Waals surface area (Å²) in [5, 5.41) is 24.4. The molecule has 0 bridgehead atoms. The molecule has 6 N–H and O–H groups in total. The van der Waals surface area contributed by atoms with Gasteiger partial charge in [-0.3, -0.25) is 14.4 Å². The highest BCUT2D eigenvalue weighted by Crippen LogP contribution is 2.30. The van der Waals surface area contributed by atoms with E-state index in [1.165, 1.54) is 11.8 Å². The van der Waals surface area contributed by atoms with Crippen molar-refractivity contribution in [2.24, 2.45) is 11.7 Å². The van der Waals surface area contributed by atoms with Crippen LogP contribution in [-0.2, 0) is 23.9 Å². The molecule has 2 rings (SSSR count). The smallest absolute Gasteiger partial charge is 0.329 e. The van der Waals surface area contributed by atoms with Crippen LogP contribution in [0, 0.1) is 5.92 Å². The first-order valence-electron chi connectivity index (χ1n) is 8.28. The van der Waals surface area contributed by atoms with Crippen molar-refractivity contribution in [1.82, 2.24) is 15.5 Å². The Balaban J connectivity index is 1.94. The van der Waals surface area contributed by atoms with Gasteiger partial charge in [0, 0.05) is 13.5 Å². The number of carboxylic acids is 1. The molecule has 6 atom stereocenters. The van der Waals surface area contributed by atoms with Crippen molar-refractivity contribution < 1.29 is 34.1 Å².